The second-order valence-electron chi connectivity index (χ2n) is 9.00. The predicted octanol–water partition coefficient (Wildman–Crippen LogP) is 3.42. The molecule has 15 heteroatoms. The fourth-order valence-corrected chi connectivity index (χ4v) is 4.60. The van der Waals surface area contributed by atoms with Crippen LogP contribution in [0.5, 0.6) is 0 Å². The van der Waals surface area contributed by atoms with Gasteiger partial charge in [-0.25, -0.2) is 10.2 Å². The minimum atomic E-state index is -2.81. The molecule has 1 aromatic carbocycles. The zero-order chi connectivity index (χ0) is 27.4. The lowest BCUT2D eigenvalue weighted by atomic mass is 10.00. The average molecular weight is 560 g/mol. The maximum Gasteiger partial charge on any atom is 0.335 e. The van der Waals surface area contributed by atoms with Gasteiger partial charge in [-0.2, -0.15) is 33.8 Å². The first-order chi connectivity index (χ1) is 19.0. The lowest BCUT2D eigenvalue weighted by Gasteiger charge is -2.18. The summed E-state index contributed by atoms with van der Waals surface area (Å²) in [5.41, 5.74) is 3.21. The number of benzene rings is 1. The number of allylic oxidation sites excluding steroid dienone is 2. The summed E-state index contributed by atoms with van der Waals surface area (Å²) >= 11 is 6.33. The molecule has 0 bridgehead atoms. The van der Waals surface area contributed by atoms with Crippen molar-refractivity contribution in [2.24, 2.45) is 5.92 Å². The third kappa shape index (κ3) is 6.02. The normalized spacial score (nSPS) is 15.2. The van der Waals surface area contributed by atoms with Crippen molar-refractivity contribution >= 4 is 17.2 Å². The Labute approximate surface area is 226 Å². The summed E-state index contributed by atoms with van der Waals surface area (Å²) in [5, 5.41) is 29.7. The van der Waals surface area contributed by atoms with Gasteiger partial charge in [0.1, 0.15) is 24.6 Å². The Balaban J connectivity index is 1.46. The van der Waals surface area contributed by atoms with Crippen molar-refractivity contribution in [3.8, 4) is 17.1 Å². The molecule has 0 amide bonds. The molecule has 0 saturated heterocycles. The number of nitrogens with zero attached hydrogens (tertiary/aromatic N) is 9. The third-order valence-electron chi connectivity index (χ3n) is 6.44. The van der Waals surface area contributed by atoms with Gasteiger partial charge >= 0.3 is 6.55 Å². The van der Waals surface area contributed by atoms with E-state index in [4.69, 9.17) is 16.3 Å². The minimum absolute atomic E-state index is 0.0503. The summed E-state index contributed by atoms with van der Waals surface area (Å²) < 4.78 is 36.3. The van der Waals surface area contributed by atoms with E-state index in [0.29, 0.717) is 50.2 Å². The van der Waals surface area contributed by atoms with Gasteiger partial charge in [0.25, 0.3) is 0 Å². The molecule has 39 heavy (non-hydrogen) atoms. The first-order valence-electron chi connectivity index (χ1n) is 12.2. The van der Waals surface area contributed by atoms with Gasteiger partial charge in [-0.1, -0.05) is 24.4 Å². The maximum absolute atomic E-state index is 13.3. The Bertz CT molecular complexity index is 1460. The van der Waals surface area contributed by atoms with Crippen LogP contribution in [-0.2, 0) is 4.74 Å². The van der Waals surface area contributed by atoms with Crippen LogP contribution in [0, 0.1) is 5.92 Å². The van der Waals surface area contributed by atoms with E-state index in [2.05, 4.69) is 30.7 Å². The number of quaternary nitrogens is 1. The molecule has 1 aliphatic rings. The summed E-state index contributed by atoms with van der Waals surface area (Å²) in [6, 6.07) is 5.15. The number of rotatable bonds is 12. The first kappa shape index (κ1) is 26.6. The van der Waals surface area contributed by atoms with Crippen molar-refractivity contribution in [1.29, 1.82) is 0 Å². The molecular formula is C24H26ClF2N10O2+. The van der Waals surface area contributed by atoms with Crippen LogP contribution in [0.15, 0.2) is 61.3 Å². The molecule has 3 heterocycles. The van der Waals surface area contributed by atoms with Gasteiger partial charge in [-0.3, -0.25) is 4.68 Å². The summed E-state index contributed by atoms with van der Waals surface area (Å²) in [4.78, 5) is 3.98. The molecule has 3 N–H and O–H groups in total. The summed E-state index contributed by atoms with van der Waals surface area (Å²) in [6.45, 7) is -2.81. The monoisotopic (exact) mass is 559 g/mol. The highest BCUT2D eigenvalue weighted by molar-refractivity contribution is 6.30. The molecule has 0 spiro atoms. The van der Waals surface area contributed by atoms with Crippen LogP contribution in [-0.4, -0.2) is 57.1 Å². The maximum atomic E-state index is 13.3. The Morgan fingerprint density at radius 2 is 2.15 bits per heavy atom. The first-order valence-corrected chi connectivity index (χ1v) is 12.5. The highest BCUT2D eigenvalue weighted by atomic mass is 35.5. The molecule has 0 radical (unpaired) electrons. The van der Waals surface area contributed by atoms with Gasteiger partial charge in [0.15, 0.2) is 5.82 Å². The molecule has 4 aromatic rings. The molecule has 0 aliphatic heterocycles. The second kappa shape index (κ2) is 11.8. The van der Waals surface area contributed by atoms with Crippen molar-refractivity contribution in [1.82, 2.24) is 44.8 Å². The molecule has 204 valence electrons. The van der Waals surface area contributed by atoms with Crippen LogP contribution < -0.4 is 5.48 Å². The van der Waals surface area contributed by atoms with E-state index in [0.717, 1.165) is 31.1 Å². The van der Waals surface area contributed by atoms with E-state index in [1.54, 1.807) is 29.1 Å². The standard InChI is InChI=1S/C24H25ClF2N10O2/c1-39-22(20(11-32-38)19-9-17(25)4-6-21(19)36-14-29-33-34-36)7-5-18(8-15-2-3-15)35-12-16(10-30-35)23-28-13-31-37(23)24(26)27/h4,6-7,9-15,18,24,32,38H,2-3,5,8H2,1H3/p+1/b20-11-,22-7+/t18-/m0/s1. The van der Waals surface area contributed by atoms with Crippen LogP contribution in [0.1, 0.15) is 43.8 Å². The SMILES string of the molecule is COC(=C/C[C@@H](CC1CC1)n1cc(-c2ncnn2C(F)F)cn1)/C(=C\[NH2+]O)c1cc(Cl)ccc1-n1cnnn1. The number of aromatic nitrogens is 9. The van der Waals surface area contributed by atoms with E-state index in [9.17, 15) is 14.0 Å². The van der Waals surface area contributed by atoms with Crippen LogP contribution >= 0.6 is 11.6 Å². The highest BCUT2D eigenvalue weighted by Gasteiger charge is 2.28. The predicted molar refractivity (Wildman–Crippen MR) is 134 cm³/mol. The van der Waals surface area contributed by atoms with E-state index >= 15 is 0 Å². The number of hydroxylamine groups is 1. The number of nitrogens with two attached hydrogens (primary N) is 1. The smallest absolute Gasteiger partial charge is 0.335 e. The number of tetrazole rings is 1. The van der Waals surface area contributed by atoms with Gasteiger partial charge < -0.3 is 4.74 Å². The largest absolute Gasteiger partial charge is 0.496 e. The van der Waals surface area contributed by atoms with Gasteiger partial charge in [-0.05, 0) is 53.5 Å². The Morgan fingerprint density at radius 1 is 1.31 bits per heavy atom. The number of hydrogen-bond donors (Lipinski definition) is 2. The molecule has 0 unspecified atom stereocenters. The lowest BCUT2D eigenvalue weighted by Crippen LogP contribution is -2.74. The molecule has 12 nitrogen and oxygen atoms in total. The van der Waals surface area contributed by atoms with Gasteiger partial charge in [0.05, 0.1) is 36.2 Å². The summed E-state index contributed by atoms with van der Waals surface area (Å²) in [6.07, 6.45) is 12.8. The average Bonchev–Trinajstić information content (AvgIpc) is 3.35. The summed E-state index contributed by atoms with van der Waals surface area (Å²) in [5.74, 6) is 1.10. The fraction of sp³-hybridized carbons (Fsp3) is 0.333. The number of hydrogen-bond acceptors (Lipinski definition) is 8. The zero-order valence-electron chi connectivity index (χ0n) is 20.8. The van der Waals surface area contributed by atoms with Gasteiger partial charge in [0, 0.05) is 16.8 Å². The zero-order valence-corrected chi connectivity index (χ0v) is 21.6. The van der Waals surface area contributed by atoms with Crippen LogP contribution in [0.2, 0.25) is 5.02 Å². The van der Waals surface area contributed by atoms with Crippen molar-refractivity contribution in [3.63, 3.8) is 0 Å². The fourth-order valence-electron chi connectivity index (χ4n) is 4.42. The van der Waals surface area contributed by atoms with Gasteiger partial charge in [-0.15, -0.1) is 5.10 Å². The van der Waals surface area contributed by atoms with Crippen LogP contribution in [0.3, 0.4) is 0 Å². The molecule has 3 aromatic heterocycles. The Morgan fingerprint density at radius 3 is 2.85 bits per heavy atom. The Kier molecular flexibility index (Phi) is 8.05. The topological polar surface area (TPSA) is 138 Å². The van der Waals surface area contributed by atoms with Crippen LogP contribution in [0.4, 0.5) is 8.78 Å². The van der Waals surface area contributed by atoms with E-state index in [-0.39, 0.29) is 11.9 Å². The second-order valence-corrected chi connectivity index (χ2v) is 9.44. The van der Waals surface area contributed by atoms with Crippen molar-refractivity contribution in [2.75, 3.05) is 7.11 Å². The summed E-state index contributed by atoms with van der Waals surface area (Å²) in [7, 11) is 1.54. The van der Waals surface area contributed by atoms with E-state index < -0.39 is 6.55 Å². The minimum Gasteiger partial charge on any atom is -0.496 e. The van der Waals surface area contributed by atoms with E-state index in [1.807, 2.05) is 6.08 Å². The van der Waals surface area contributed by atoms with Crippen molar-refractivity contribution < 1.29 is 24.2 Å². The van der Waals surface area contributed by atoms with Crippen molar-refractivity contribution in [3.05, 3.63) is 71.9 Å². The molecule has 5 rings (SSSR count). The van der Waals surface area contributed by atoms with Crippen molar-refractivity contribution in [2.45, 2.75) is 38.3 Å². The Hall–Kier alpha value is -4.01. The highest BCUT2D eigenvalue weighted by Crippen LogP contribution is 2.39. The lowest BCUT2D eigenvalue weighted by molar-refractivity contribution is -0.837. The molecular weight excluding hydrogens is 534 g/mol. The molecule has 1 atom stereocenters. The van der Waals surface area contributed by atoms with E-state index in [1.165, 1.54) is 30.5 Å². The molecule has 1 saturated carbocycles. The quantitative estimate of drug-likeness (QED) is 0.153. The third-order valence-corrected chi connectivity index (χ3v) is 6.68. The molecule has 1 fully saturated rings. The van der Waals surface area contributed by atoms with Crippen LogP contribution in [0.25, 0.3) is 22.6 Å². The number of halogens is 3. The number of ether oxygens (including phenoxy) is 1. The molecule has 1 aliphatic carbocycles. The van der Waals surface area contributed by atoms with Gasteiger partial charge in [0.2, 0.25) is 0 Å². The number of methoxy groups -OCH3 is 1. The number of alkyl halides is 2.